The second-order valence-electron chi connectivity index (χ2n) is 3.44. The van der Waals surface area contributed by atoms with Crippen LogP contribution in [0.15, 0.2) is 12.1 Å². The van der Waals surface area contributed by atoms with Gasteiger partial charge in [0.1, 0.15) is 0 Å². The first kappa shape index (κ1) is 13.5. The Morgan fingerprint density at radius 3 is 2.29 bits per heavy atom. The molecule has 0 spiro atoms. The van der Waals surface area contributed by atoms with Crippen molar-refractivity contribution in [1.82, 2.24) is 0 Å². The van der Waals surface area contributed by atoms with Crippen LogP contribution >= 0.6 is 0 Å². The lowest BCUT2D eigenvalue weighted by Crippen LogP contribution is -2.12. The van der Waals surface area contributed by atoms with Gasteiger partial charge in [-0.25, -0.2) is 0 Å². The number of carbonyl (C=O) groups is 1. The van der Waals surface area contributed by atoms with E-state index in [-0.39, 0.29) is 17.2 Å². The van der Waals surface area contributed by atoms with E-state index in [1.54, 1.807) is 0 Å². The fraction of sp³-hybridized carbons (Fsp3) is 0.364. The highest BCUT2D eigenvalue weighted by atomic mass is 32.2. The molecule has 1 rings (SSSR count). The van der Waals surface area contributed by atoms with Gasteiger partial charge in [-0.1, -0.05) is 0 Å². The number of hydrogen-bond acceptors (Lipinski definition) is 5. The number of anilines is 1. The van der Waals surface area contributed by atoms with E-state index in [1.165, 1.54) is 32.6 Å². The summed E-state index contributed by atoms with van der Waals surface area (Å²) in [5.74, 6) is 0.551. The van der Waals surface area contributed by atoms with E-state index in [2.05, 4.69) is 0 Å². The zero-order valence-corrected chi connectivity index (χ0v) is 10.8. The van der Waals surface area contributed by atoms with Gasteiger partial charge < -0.3 is 15.2 Å². The number of ether oxygens (including phenoxy) is 2. The number of Topliss-reactive ketones (excluding diaryl/α,β-unsaturated/α-hetero) is 1. The standard InChI is InChI=1S/C11H15NO4S/c1-15-10-4-7(9(13)6-17(3)14)8(12)5-11(10)16-2/h4-5H,6,12H2,1-3H3. The predicted octanol–water partition coefficient (Wildman–Crippen LogP) is 0.847. The quantitative estimate of drug-likeness (QED) is 0.625. The molecule has 0 saturated carbocycles. The lowest BCUT2D eigenvalue weighted by Gasteiger charge is -2.11. The van der Waals surface area contributed by atoms with Gasteiger partial charge in [0.15, 0.2) is 17.3 Å². The number of nitrogen functional groups attached to an aromatic ring is 1. The number of carbonyl (C=O) groups excluding carboxylic acids is 1. The molecule has 0 aliphatic rings. The van der Waals surface area contributed by atoms with Gasteiger partial charge in [-0.2, -0.15) is 0 Å². The van der Waals surface area contributed by atoms with Crippen LogP contribution in [0.4, 0.5) is 5.69 Å². The van der Waals surface area contributed by atoms with Crippen molar-refractivity contribution >= 4 is 22.3 Å². The largest absolute Gasteiger partial charge is 0.493 e. The lowest BCUT2D eigenvalue weighted by molar-refractivity contribution is 0.102. The minimum absolute atomic E-state index is 0.0559. The van der Waals surface area contributed by atoms with E-state index in [9.17, 15) is 9.00 Å². The van der Waals surface area contributed by atoms with Gasteiger partial charge in [0.25, 0.3) is 0 Å². The molecule has 6 heteroatoms. The zero-order valence-electron chi connectivity index (χ0n) is 9.98. The van der Waals surface area contributed by atoms with Crippen LogP contribution in [0.25, 0.3) is 0 Å². The van der Waals surface area contributed by atoms with E-state index in [0.717, 1.165) is 0 Å². The van der Waals surface area contributed by atoms with Crippen LogP contribution < -0.4 is 15.2 Å². The monoisotopic (exact) mass is 257 g/mol. The SMILES string of the molecule is COc1cc(N)c(C(=O)CS(C)=O)cc1OC. The van der Waals surface area contributed by atoms with Crippen LogP contribution in [0.3, 0.4) is 0 Å². The normalized spacial score (nSPS) is 11.9. The molecule has 0 bridgehead atoms. The Bertz CT molecular complexity index is 459. The number of ketones is 1. The zero-order chi connectivity index (χ0) is 13.0. The smallest absolute Gasteiger partial charge is 0.177 e. The van der Waals surface area contributed by atoms with Crippen molar-refractivity contribution in [2.45, 2.75) is 0 Å². The topological polar surface area (TPSA) is 78.6 Å². The van der Waals surface area contributed by atoms with Crippen LogP contribution in [0.2, 0.25) is 0 Å². The fourth-order valence-corrected chi connectivity index (χ4v) is 1.92. The van der Waals surface area contributed by atoms with Crippen LogP contribution in [0, 0.1) is 0 Å². The average Bonchev–Trinajstić information content (AvgIpc) is 2.27. The highest BCUT2D eigenvalue weighted by Gasteiger charge is 2.16. The van der Waals surface area contributed by atoms with Gasteiger partial charge in [-0.05, 0) is 6.07 Å². The fourth-order valence-electron chi connectivity index (χ4n) is 1.40. The molecule has 0 aliphatic carbocycles. The molecule has 1 unspecified atom stereocenters. The van der Waals surface area contributed by atoms with Gasteiger partial charge in [-0.15, -0.1) is 0 Å². The minimum atomic E-state index is -1.20. The van der Waals surface area contributed by atoms with Crippen molar-refractivity contribution < 1.29 is 18.5 Å². The molecule has 0 fully saturated rings. The summed E-state index contributed by atoms with van der Waals surface area (Å²) in [4.78, 5) is 11.8. The third-order valence-corrected chi connectivity index (χ3v) is 2.86. The number of hydrogen-bond donors (Lipinski definition) is 1. The maximum atomic E-state index is 11.8. The Balaban J connectivity index is 3.16. The summed E-state index contributed by atoms with van der Waals surface area (Å²) in [5.41, 5.74) is 6.34. The summed E-state index contributed by atoms with van der Waals surface area (Å²) in [6.07, 6.45) is 1.47. The molecule has 0 heterocycles. The summed E-state index contributed by atoms with van der Waals surface area (Å²) in [5, 5.41) is 0. The van der Waals surface area contributed by atoms with Crippen molar-refractivity contribution in [2.24, 2.45) is 0 Å². The van der Waals surface area contributed by atoms with Crippen LogP contribution in [-0.2, 0) is 10.8 Å². The number of rotatable bonds is 5. The molecule has 2 N–H and O–H groups in total. The van der Waals surface area contributed by atoms with E-state index >= 15 is 0 Å². The number of nitrogens with two attached hydrogens (primary N) is 1. The summed E-state index contributed by atoms with van der Waals surface area (Å²) >= 11 is 0. The van der Waals surface area contributed by atoms with Gasteiger partial charge in [0, 0.05) is 34.4 Å². The van der Waals surface area contributed by atoms with Crippen molar-refractivity contribution in [1.29, 1.82) is 0 Å². The predicted molar refractivity (Wildman–Crippen MR) is 67.2 cm³/mol. The molecule has 5 nitrogen and oxygen atoms in total. The molecular formula is C11H15NO4S. The third kappa shape index (κ3) is 3.20. The van der Waals surface area contributed by atoms with Crippen molar-refractivity contribution in [2.75, 3.05) is 32.0 Å². The van der Waals surface area contributed by atoms with E-state index < -0.39 is 10.8 Å². The molecule has 17 heavy (non-hydrogen) atoms. The van der Waals surface area contributed by atoms with Crippen LogP contribution in [0.1, 0.15) is 10.4 Å². The summed E-state index contributed by atoms with van der Waals surface area (Å²) in [6.45, 7) is 0. The Kier molecular flexibility index (Phi) is 4.51. The maximum Gasteiger partial charge on any atom is 0.177 e. The lowest BCUT2D eigenvalue weighted by atomic mass is 10.1. The maximum absolute atomic E-state index is 11.8. The molecule has 1 aromatic rings. The first-order valence-electron chi connectivity index (χ1n) is 4.84. The van der Waals surface area contributed by atoms with Gasteiger partial charge >= 0.3 is 0 Å². The Hall–Kier alpha value is -1.56. The van der Waals surface area contributed by atoms with Crippen molar-refractivity contribution in [3.63, 3.8) is 0 Å². The Morgan fingerprint density at radius 2 is 1.82 bits per heavy atom. The molecular weight excluding hydrogens is 242 g/mol. The van der Waals surface area contributed by atoms with E-state index in [4.69, 9.17) is 15.2 Å². The summed E-state index contributed by atoms with van der Waals surface area (Å²) in [7, 11) is 1.76. The summed E-state index contributed by atoms with van der Waals surface area (Å²) in [6, 6.07) is 3.02. The van der Waals surface area contributed by atoms with Gasteiger partial charge in [-0.3, -0.25) is 9.00 Å². The Labute approximate surface area is 102 Å². The molecule has 0 aliphatic heterocycles. The molecule has 0 radical (unpaired) electrons. The first-order chi connectivity index (χ1) is 7.99. The number of methoxy groups -OCH3 is 2. The van der Waals surface area contributed by atoms with Gasteiger partial charge in [0.05, 0.1) is 20.0 Å². The van der Waals surface area contributed by atoms with E-state index in [0.29, 0.717) is 17.1 Å². The molecule has 0 aromatic heterocycles. The minimum Gasteiger partial charge on any atom is -0.493 e. The second-order valence-corrected chi connectivity index (χ2v) is 4.87. The molecule has 1 atom stereocenters. The number of benzene rings is 1. The molecule has 0 saturated heterocycles. The van der Waals surface area contributed by atoms with Crippen LogP contribution in [-0.4, -0.2) is 36.2 Å². The second kappa shape index (κ2) is 5.67. The van der Waals surface area contributed by atoms with Crippen molar-refractivity contribution in [3.8, 4) is 11.5 Å². The molecule has 0 amide bonds. The van der Waals surface area contributed by atoms with Crippen molar-refractivity contribution in [3.05, 3.63) is 17.7 Å². The molecule has 94 valence electrons. The average molecular weight is 257 g/mol. The van der Waals surface area contributed by atoms with Gasteiger partial charge in [0.2, 0.25) is 0 Å². The van der Waals surface area contributed by atoms with Crippen LogP contribution in [0.5, 0.6) is 11.5 Å². The molecule has 1 aromatic carbocycles. The summed E-state index contributed by atoms with van der Waals surface area (Å²) < 4.78 is 21.1. The Morgan fingerprint density at radius 1 is 1.29 bits per heavy atom. The third-order valence-electron chi connectivity index (χ3n) is 2.19. The highest BCUT2D eigenvalue weighted by molar-refractivity contribution is 7.85. The van der Waals surface area contributed by atoms with E-state index in [1.807, 2.05) is 0 Å². The first-order valence-corrected chi connectivity index (χ1v) is 6.57. The highest BCUT2D eigenvalue weighted by Crippen LogP contribution is 2.32.